The minimum absolute atomic E-state index is 0.193. The third kappa shape index (κ3) is 4.74. The smallest absolute Gasteiger partial charge is 0.343 e. The van der Waals surface area contributed by atoms with E-state index in [9.17, 15) is 4.79 Å². The highest BCUT2D eigenvalue weighted by Gasteiger charge is 2.20. The highest BCUT2D eigenvalue weighted by molar-refractivity contribution is 5.58. The van der Waals surface area contributed by atoms with Gasteiger partial charge in [0.1, 0.15) is 17.3 Å². The molecule has 1 fully saturated rings. The van der Waals surface area contributed by atoms with Crippen molar-refractivity contribution in [3.05, 3.63) is 70.4 Å². The van der Waals surface area contributed by atoms with Crippen LogP contribution in [0.15, 0.2) is 53.3 Å². The Morgan fingerprint density at radius 3 is 2.35 bits per heavy atom. The van der Waals surface area contributed by atoms with E-state index < -0.39 is 0 Å². The summed E-state index contributed by atoms with van der Waals surface area (Å²) in [4.78, 5) is 17.1. The van der Waals surface area contributed by atoms with E-state index in [1.165, 1.54) is 0 Å². The number of aromatic amines is 1. The molecular weight excluding hydrogens is 394 g/mol. The maximum absolute atomic E-state index is 12.3. The Morgan fingerprint density at radius 2 is 1.61 bits per heavy atom. The van der Waals surface area contributed by atoms with Crippen LogP contribution in [-0.2, 0) is 13.0 Å². The molecule has 0 saturated carbocycles. The number of rotatable bonds is 8. The largest absolute Gasteiger partial charge is 0.496 e. The Morgan fingerprint density at radius 1 is 0.935 bits per heavy atom. The first-order valence-electron chi connectivity index (χ1n) is 10.6. The van der Waals surface area contributed by atoms with Gasteiger partial charge in [-0.05, 0) is 18.2 Å². The standard InChI is InChI=1S/C23H29N5O3/c1-30-20-9-5-3-7-18(20)17-28-22(24-25-23(28)29)11-12-26-13-15-27(16-14-26)19-8-4-6-10-21(19)31-2/h3-10H,11-17H2,1-2H3,(H,25,29). The molecule has 0 bridgehead atoms. The first kappa shape index (κ1) is 21.0. The molecule has 0 amide bonds. The molecule has 31 heavy (non-hydrogen) atoms. The van der Waals surface area contributed by atoms with Crippen LogP contribution in [0.3, 0.4) is 0 Å². The van der Waals surface area contributed by atoms with Gasteiger partial charge in [-0.2, -0.15) is 5.10 Å². The molecule has 2 heterocycles. The Balaban J connectivity index is 1.36. The van der Waals surface area contributed by atoms with Gasteiger partial charge >= 0.3 is 5.69 Å². The molecule has 2 aromatic carbocycles. The molecule has 4 rings (SSSR count). The van der Waals surface area contributed by atoms with Crippen molar-refractivity contribution >= 4 is 5.69 Å². The number of piperazine rings is 1. The maximum Gasteiger partial charge on any atom is 0.343 e. The van der Waals surface area contributed by atoms with E-state index in [1.807, 2.05) is 42.5 Å². The third-order valence-electron chi connectivity index (χ3n) is 5.81. The van der Waals surface area contributed by atoms with Crippen molar-refractivity contribution in [2.24, 2.45) is 0 Å². The lowest BCUT2D eigenvalue weighted by atomic mass is 10.2. The summed E-state index contributed by atoms with van der Waals surface area (Å²) in [5.74, 6) is 2.45. The zero-order chi connectivity index (χ0) is 21.6. The van der Waals surface area contributed by atoms with Crippen LogP contribution in [-0.4, -0.2) is 66.6 Å². The molecule has 8 heteroatoms. The van der Waals surface area contributed by atoms with Gasteiger partial charge in [-0.25, -0.2) is 9.89 Å². The van der Waals surface area contributed by atoms with Crippen LogP contribution in [0, 0.1) is 0 Å². The van der Waals surface area contributed by atoms with Crippen LogP contribution < -0.4 is 20.1 Å². The topological polar surface area (TPSA) is 75.6 Å². The van der Waals surface area contributed by atoms with E-state index in [2.05, 4.69) is 26.1 Å². The zero-order valence-electron chi connectivity index (χ0n) is 18.1. The lowest BCUT2D eigenvalue weighted by Crippen LogP contribution is -2.47. The minimum atomic E-state index is -0.193. The predicted octanol–water partition coefficient (Wildman–Crippen LogP) is 2.00. The number of anilines is 1. The molecular formula is C23H29N5O3. The Bertz CT molecular complexity index is 1050. The number of ether oxygens (including phenoxy) is 2. The van der Waals surface area contributed by atoms with Gasteiger partial charge in [0.2, 0.25) is 0 Å². The van der Waals surface area contributed by atoms with Crippen molar-refractivity contribution in [1.29, 1.82) is 0 Å². The molecule has 1 aromatic heterocycles. The van der Waals surface area contributed by atoms with Crippen molar-refractivity contribution in [3.8, 4) is 11.5 Å². The van der Waals surface area contributed by atoms with E-state index in [0.717, 1.165) is 61.3 Å². The van der Waals surface area contributed by atoms with E-state index in [4.69, 9.17) is 9.47 Å². The Kier molecular flexibility index (Phi) is 6.57. The van der Waals surface area contributed by atoms with Crippen molar-refractivity contribution in [2.45, 2.75) is 13.0 Å². The molecule has 0 radical (unpaired) electrons. The fourth-order valence-corrected chi connectivity index (χ4v) is 4.07. The third-order valence-corrected chi connectivity index (χ3v) is 5.81. The van der Waals surface area contributed by atoms with E-state index in [1.54, 1.807) is 18.8 Å². The van der Waals surface area contributed by atoms with Crippen molar-refractivity contribution < 1.29 is 9.47 Å². The summed E-state index contributed by atoms with van der Waals surface area (Å²) in [5.41, 5.74) is 1.91. The number of para-hydroxylation sites is 3. The minimum Gasteiger partial charge on any atom is -0.496 e. The summed E-state index contributed by atoms with van der Waals surface area (Å²) in [6.45, 7) is 5.09. The lowest BCUT2D eigenvalue weighted by Gasteiger charge is -2.36. The molecule has 0 aliphatic carbocycles. The van der Waals surface area contributed by atoms with Crippen molar-refractivity contribution in [2.75, 3.05) is 51.8 Å². The van der Waals surface area contributed by atoms with Gasteiger partial charge in [0.05, 0.1) is 26.5 Å². The molecule has 0 spiro atoms. The average Bonchev–Trinajstić information content (AvgIpc) is 3.17. The summed E-state index contributed by atoms with van der Waals surface area (Å²) in [7, 11) is 3.35. The second kappa shape index (κ2) is 9.70. The van der Waals surface area contributed by atoms with Gasteiger partial charge < -0.3 is 14.4 Å². The monoisotopic (exact) mass is 423 g/mol. The van der Waals surface area contributed by atoms with E-state index in [0.29, 0.717) is 13.0 Å². The number of benzene rings is 2. The second-order valence-electron chi connectivity index (χ2n) is 7.59. The van der Waals surface area contributed by atoms with Gasteiger partial charge in [-0.1, -0.05) is 30.3 Å². The lowest BCUT2D eigenvalue weighted by molar-refractivity contribution is 0.257. The summed E-state index contributed by atoms with van der Waals surface area (Å²) in [6.07, 6.45) is 0.711. The number of nitrogens with one attached hydrogen (secondary N) is 1. The van der Waals surface area contributed by atoms with Gasteiger partial charge in [-0.3, -0.25) is 9.47 Å². The number of methoxy groups -OCH3 is 2. The van der Waals surface area contributed by atoms with Crippen molar-refractivity contribution in [3.63, 3.8) is 0 Å². The Hall–Kier alpha value is -3.26. The average molecular weight is 424 g/mol. The first-order chi connectivity index (χ1) is 15.2. The van der Waals surface area contributed by atoms with Crippen molar-refractivity contribution in [1.82, 2.24) is 19.7 Å². The second-order valence-corrected chi connectivity index (χ2v) is 7.59. The summed E-state index contributed by atoms with van der Waals surface area (Å²) in [5, 5.41) is 6.87. The van der Waals surface area contributed by atoms with Gasteiger partial charge in [-0.15, -0.1) is 0 Å². The molecule has 3 aromatic rings. The normalized spacial score (nSPS) is 14.6. The number of hydrogen-bond donors (Lipinski definition) is 1. The predicted molar refractivity (Wildman–Crippen MR) is 120 cm³/mol. The fourth-order valence-electron chi connectivity index (χ4n) is 4.07. The van der Waals surface area contributed by atoms with Crippen LogP contribution in [0.1, 0.15) is 11.4 Å². The number of aromatic nitrogens is 3. The van der Waals surface area contributed by atoms with Gasteiger partial charge in [0, 0.05) is 44.7 Å². The van der Waals surface area contributed by atoms with Crippen LogP contribution in [0.2, 0.25) is 0 Å². The maximum atomic E-state index is 12.3. The SMILES string of the molecule is COc1ccccc1Cn1c(CCN2CCN(c3ccccc3OC)CC2)n[nH]c1=O. The fraction of sp³-hybridized carbons (Fsp3) is 0.391. The molecule has 1 aliphatic rings. The molecule has 0 unspecified atom stereocenters. The van der Waals surface area contributed by atoms with E-state index in [-0.39, 0.29) is 5.69 Å². The molecule has 0 atom stereocenters. The summed E-state index contributed by atoms with van der Waals surface area (Å²) < 4.78 is 12.6. The van der Waals surface area contributed by atoms with Crippen LogP contribution in [0.25, 0.3) is 0 Å². The van der Waals surface area contributed by atoms with Gasteiger partial charge in [0.15, 0.2) is 0 Å². The molecule has 8 nitrogen and oxygen atoms in total. The number of nitrogens with zero attached hydrogens (tertiary/aromatic N) is 4. The first-order valence-corrected chi connectivity index (χ1v) is 10.6. The number of H-pyrrole nitrogens is 1. The van der Waals surface area contributed by atoms with Gasteiger partial charge in [0.25, 0.3) is 0 Å². The van der Waals surface area contributed by atoms with Crippen LogP contribution in [0.4, 0.5) is 5.69 Å². The molecule has 164 valence electrons. The summed E-state index contributed by atoms with van der Waals surface area (Å²) in [6, 6.07) is 15.9. The Labute approximate surface area is 182 Å². The molecule has 1 aliphatic heterocycles. The summed E-state index contributed by atoms with van der Waals surface area (Å²) >= 11 is 0. The van der Waals surface area contributed by atoms with Crippen LogP contribution >= 0.6 is 0 Å². The quantitative estimate of drug-likeness (QED) is 0.597. The zero-order valence-corrected chi connectivity index (χ0v) is 18.1. The highest BCUT2D eigenvalue weighted by atomic mass is 16.5. The van der Waals surface area contributed by atoms with Crippen LogP contribution in [0.5, 0.6) is 11.5 Å². The molecule has 1 N–H and O–H groups in total. The van der Waals surface area contributed by atoms with E-state index >= 15 is 0 Å². The number of hydrogen-bond acceptors (Lipinski definition) is 6. The molecule has 1 saturated heterocycles. The highest BCUT2D eigenvalue weighted by Crippen LogP contribution is 2.28.